The van der Waals surface area contributed by atoms with E-state index in [1.165, 1.54) is 0 Å². The van der Waals surface area contributed by atoms with Gasteiger partial charge in [0.05, 0.1) is 26.2 Å². The highest BCUT2D eigenvalue weighted by molar-refractivity contribution is 5.94. The molecule has 0 aliphatic carbocycles. The maximum absolute atomic E-state index is 13.3. The van der Waals surface area contributed by atoms with Crippen molar-refractivity contribution in [3.8, 4) is 34.4 Å². The Balaban J connectivity index is 1.29. The smallest absolute Gasteiger partial charge is 0.283 e. The molecule has 4 aromatic rings. The number of aromatic nitrogens is 4. The van der Waals surface area contributed by atoms with Gasteiger partial charge in [0.25, 0.3) is 11.8 Å². The van der Waals surface area contributed by atoms with E-state index in [4.69, 9.17) is 18.3 Å². The third-order valence-corrected chi connectivity index (χ3v) is 6.09. The van der Waals surface area contributed by atoms with E-state index < -0.39 is 0 Å². The zero-order valence-corrected chi connectivity index (χ0v) is 19.2. The van der Waals surface area contributed by atoms with Crippen LogP contribution in [0.5, 0.6) is 11.5 Å². The van der Waals surface area contributed by atoms with E-state index in [2.05, 4.69) is 15.3 Å². The summed E-state index contributed by atoms with van der Waals surface area (Å²) in [5, 5.41) is 12.8. The zero-order chi connectivity index (χ0) is 23.7. The molecule has 1 amide bonds. The average molecular weight is 463 g/mol. The first-order valence-corrected chi connectivity index (χ1v) is 11.0. The molecule has 1 aliphatic rings. The number of carbonyl (C=O) groups is 1. The first-order chi connectivity index (χ1) is 16.6. The van der Waals surface area contributed by atoms with Crippen molar-refractivity contribution in [2.45, 2.75) is 18.8 Å². The normalized spacial score (nSPS) is 14.4. The quantitative estimate of drug-likeness (QED) is 0.425. The van der Waals surface area contributed by atoms with E-state index in [1.54, 1.807) is 50.4 Å². The Morgan fingerprint density at radius 3 is 2.62 bits per heavy atom. The zero-order valence-electron chi connectivity index (χ0n) is 19.2. The number of piperidine rings is 1. The standard InChI is InChI=1S/C24H25N5O5/c1-28-19(14-18(27-28)17-13-16(31-2)6-7-20(17)32-3)24(30)29-10-8-15(9-11-29)22-25-26-23(34-22)21-5-4-12-33-21/h4-7,12-15H,8-11H2,1-3H3. The maximum atomic E-state index is 13.3. The average Bonchev–Trinajstić information content (AvgIpc) is 3.64. The minimum absolute atomic E-state index is 0.0663. The van der Waals surface area contributed by atoms with Crippen LogP contribution in [0.25, 0.3) is 22.9 Å². The fraction of sp³-hybridized carbons (Fsp3) is 0.333. The highest BCUT2D eigenvalue weighted by atomic mass is 16.5. The van der Waals surface area contributed by atoms with E-state index in [9.17, 15) is 4.79 Å². The lowest BCUT2D eigenvalue weighted by Crippen LogP contribution is -2.38. The van der Waals surface area contributed by atoms with Crippen LogP contribution < -0.4 is 9.47 Å². The van der Waals surface area contributed by atoms with Crippen LogP contribution in [0.15, 0.2) is 51.5 Å². The van der Waals surface area contributed by atoms with Crippen molar-refractivity contribution in [1.29, 1.82) is 0 Å². The van der Waals surface area contributed by atoms with Gasteiger partial charge in [-0.2, -0.15) is 5.10 Å². The summed E-state index contributed by atoms with van der Waals surface area (Å²) in [7, 11) is 4.98. The van der Waals surface area contributed by atoms with Gasteiger partial charge < -0.3 is 23.2 Å². The Kier molecular flexibility index (Phi) is 5.79. The third-order valence-electron chi connectivity index (χ3n) is 6.09. The molecule has 4 heterocycles. The molecule has 0 saturated carbocycles. The fourth-order valence-electron chi connectivity index (χ4n) is 4.20. The second kappa shape index (κ2) is 9.05. The number of aryl methyl sites for hydroxylation is 1. The number of ether oxygens (including phenoxy) is 2. The molecular formula is C24H25N5O5. The number of benzene rings is 1. The number of amides is 1. The van der Waals surface area contributed by atoms with Crippen molar-refractivity contribution in [1.82, 2.24) is 24.9 Å². The molecule has 0 bridgehead atoms. The molecule has 0 N–H and O–H groups in total. The molecule has 10 heteroatoms. The van der Waals surface area contributed by atoms with Crippen LogP contribution in [0.3, 0.4) is 0 Å². The summed E-state index contributed by atoms with van der Waals surface area (Å²) in [6, 6.07) is 10.8. The Hall–Kier alpha value is -4.08. The molecular weight excluding hydrogens is 438 g/mol. The minimum Gasteiger partial charge on any atom is -0.497 e. The number of rotatable bonds is 6. The molecule has 0 radical (unpaired) electrons. The lowest BCUT2D eigenvalue weighted by molar-refractivity contribution is 0.0695. The number of methoxy groups -OCH3 is 2. The first-order valence-electron chi connectivity index (χ1n) is 11.0. The largest absolute Gasteiger partial charge is 0.497 e. The van der Waals surface area contributed by atoms with Crippen molar-refractivity contribution >= 4 is 5.91 Å². The Labute approximate surface area is 196 Å². The topological polar surface area (TPSA) is 109 Å². The summed E-state index contributed by atoms with van der Waals surface area (Å²) >= 11 is 0. The van der Waals surface area contributed by atoms with Gasteiger partial charge in [-0.1, -0.05) is 0 Å². The van der Waals surface area contributed by atoms with Crippen LogP contribution in [0, 0.1) is 0 Å². The van der Waals surface area contributed by atoms with E-state index in [-0.39, 0.29) is 11.8 Å². The van der Waals surface area contributed by atoms with Crippen LogP contribution in [-0.2, 0) is 7.05 Å². The van der Waals surface area contributed by atoms with Gasteiger partial charge in [-0.15, -0.1) is 10.2 Å². The van der Waals surface area contributed by atoms with Crippen molar-refractivity contribution in [3.63, 3.8) is 0 Å². The van der Waals surface area contributed by atoms with Crippen molar-refractivity contribution in [3.05, 3.63) is 54.2 Å². The number of carbonyl (C=O) groups excluding carboxylic acids is 1. The lowest BCUT2D eigenvalue weighted by atomic mass is 9.96. The van der Waals surface area contributed by atoms with Gasteiger partial charge in [0, 0.05) is 31.6 Å². The van der Waals surface area contributed by atoms with E-state index in [0.29, 0.717) is 53.5 Å². The monoisotopic (exact) mass is 463 g/mol. The Morgan fingerprint density at radius 2 is 1.91 bits per heavy atom. The molecule has 1 aromatic carbocycles. The highest BCUT2D eigenvalue weighted by Gasteiger charge is 2.30. The summed E-state index contributed by atoms with van der Waals surface area (Å²) in [6.45, 7) is 1.18. The van der Waals surface area contributed by atoms with Gasteiger partial charge >= 0.3 is 0 Å². The van der Waals surface area contributed by atoms with Crippen molar-refractivity contribution in [2.24, 2.45) is 7.05 Å². The maximum Gasteiger partial charge on any atom is 0.283 e. The molecule has 0 spiro atoms. The molecule has 34 heavy (non-hydrogen) atoms. The SMILES string of the molecule is COc1ccc(OC)c(-c2cc(C(=O)N3CCC(c4nnc(-c5ccco5)o4)CC3)n(C)n2)c1. The summed E-state index contributed by atoms with van der Waals surface area (Å²) in [6.07, 6.45) is 3.04. The van der Waals surface area contributed by atoms with Crippen molar-refractivity contribution < 1.29 is 23.1 Å². The van der Waals surface area contributed by atoms with E-state index in [1.807, 2.05) is 23.1 Å². The van der Waals surface area contributed by atoms with E-state index >= 15 is 0 Å². The predicted molar refractivity (Wildman–Crippen MR) is 122 cm³/mol. The van der Waals surface area contributed by atoms with Crippen LogP contribution >= 0.6 is 0 Å². The molecule has 176 valence electrons. The van der Waals surface area contributed by atoms with Gasteiger partial charge in [0.15, 0.2) is 5.76 Å². The van der Waals surface area contributed by atoms with Crippen LogP contribution in [-0.4, -0.2) is 58.1 Å². The van der Waals surface area contributed by atoms with Crippen molar-refractivity contribution in [2.75, 3.05) is 27.3 Å². The molecule has 5 rings (SSSR count). The van der Waals surface area contributed by atoms with Gasteiger partial charge in [0.2, 0.25) is 5.89 Å². The third kappa shape index (κ3) is 4.02. The van der Waals surface area contributed by atoms with Crippen LogP contribution in [0.4, 0.5) is 0 Å². The number of hydrogen-bond donors (Lipinski definition) is 0. The molecule has 1 fully saturated rings. The van der Waals surface area contributed by atoms with E-state index in [0.717, 1.165) is 18.4 Å². The van der Waals surface area contributed by atoms with Gasteiger partial charge in [0.1, 0.15) is 17.2 Å². The molecule has 10 nitrogen and oxygen atoms in total. The van der Waals surface area contributed by atoms with Crippen LogP contribution in [0.1, 0.15) is 35.1 Å². The number of furan rings is 1. The minimum atomic E-state index is -0.0663. The second-order valence-electron chi connectivity index (χ2n) is 8.09. The Morgan fingerprint density at radius 1 is 1.09 bits per heavy atom. The molecule has 1 saturated heterocycles. The van der Waals surface area contributed by atoms with Gasteiger partial charge in [-0.05, 0) is 49.2 Å². The summed E-state index contributed by atoms with van der Waals surface area (Å²) in [5.41, 5.74) is 1.92. The van der Waals surface area contributed by atoms with Crippen LogP contribution in [0.2, 0.25) is 0 Å². The van der Waals surface area contributed by atoms with Gasteiger partial charge in [-0.25, -0.2) is 0 Å². The molecule has 1 aliphatic heterocycles. The summed E-state index contributed by atoms with van der Waals surface area (Å²) < 4.78 is 23.5. The van der Waals surface area contributed by atoms with Gasteiger partial charge in [-0.3, -0.25) is 9.48 Å². The summed E-state index contributed by atoms with van der Waals surface area (Å²) in [4.78, 5) is 15.1. The number of likely N-dealkylation sites (tertiary alicyclic amines) is 1. The number of hydrogen-bond acceptors (Lipinski definition) is 8. The molecule has 0 unspecified atom stereocenters. The number of nitrogens with zero attached hydrogens (tertiary/aromatic N) is 5. The molecule has 3 aromatic heterocycles. The first kappa shape index (κ1) is 21.7. The second-order valence-corrected chi connectivity index (χ2v) is 8.09. The Bertz CT molecular complexity index is 1290. The highest BCUT2D eigenvalue weighted by Crippen LogP contribution is 2.34. The molecule has 0 atom stereocenters. The fourth-order valence-corrected chi connectivity index (χ4v) is 4.20. The summed E-state index contributed by atoms with van der Waals surface area (Å²) in [5.74, 6) is 2.87. The lowest BCUT2D eigenvalue weighted by Gasteiger charge is -2.30. The predicted octanol–water partition coefficient (Wildman–Crippen LogP) is 3.77.